The average molecular weight is 733 g/mol. The molecule has 0 amide bonds. The topological polar surface area (TPSA) is 0 Å². The van der Waals surface area contributed by atoms with E-state index in [-0.39, 0.29) is 0 Å². The Morgan fingerprint density at radius 2 is 0.655 bits per heavy atom. The quantitative estimate of drug-likeness (QED) is 0.125. The number of aryl methyl sites for hydroxylation is 2. The molecule has 0 aromatic heterocycles. The van der Waals surface area contributed by atoms with Crippen molar-refractivity contribution in [2.24, 2.45) is 0 Å². The Balaban J connectivity index is 1.26. The molecule has 0 saturated carbocycles. The molecule has 58 heavy (non-hydrogen) atoms. The normalized spacial score (nSPS) is 12.6. The van der Waals surface area contributed by atoms with Crippen LogP contribution in [0.5, 0.6) is 0 Å². The molecule has 0 unspecified atom stereocenters. The van der Waals surface area contributed by atoms with Gasteiger partial charge in [-0.05, 0) is 157 Å². The summed E-state index contributed by atoms with van der Waals surface area (Å²) in [4.78, 5) is 0. The molecule has 11 aromatic rings. The van der Waals surface area contributed by atoms with Gasteiger partial charge in [-0.25, -0.2) is 0 Å². The number of hydrogen-bond acceptors (Lipinski definition) is 0. The van der Waals surface area contributed by atoms with Crippen LogP contribution < -0.4 is 0 Å². The van der Waals surface area contributed by atoms with E-state index in [9.17, 15) is 0 Å². The highest BCUT2D eigenvalue weighted by Crippen LogP contribution is 2.61. The standard InChI is InChI=1S/C58H36/c1-33-13-11-21-39(35-15-5-3-6-16-35)49(33)55-41-19-9-10-20-42(41)56(50-34(2)14-12-22-40(50)36-17-7-4-8-18-36)58-48-32-30-46-44-28-26-38-24-23-37-25-27-43(52(44)51(37)38)45-29-31-47(57(55)58)54(48)53(45)46/h3-32H,1-2H3. The van der Waals surface area contributed by atoms with Crippen LogP contribution in [0.25, 0.3) is 133 Å². The minimum atomic E-state index is 1.23. The number of benzene rings is 11. The van der Waals surface area contributed by atoms with E-state index in [0.29, 0.717) is 0 Å². The molecular weight excluding hydrogens is 697 g/mol. The summed E-state index contributed by atoms with van der Waals surface area (Å²) in [5.41, 5.74) is 20.8. The fraction of sp³-hybridized carbons (Fsp3) is 0.0345. The second kappa shape index (κ2) is 11.6. The van der Waals surface area contributed by atoms with Crippen LogP contribution in [0.3, 0.4) is 0 Å². The lowest BCUT2D eigenvalue weighted by molar-refractivity contribution is 1.45. The summed E-state index contributed by atoms with van der Waals surface area (Å²) >= 11 is 0. The summed E-state index contributed by atoms with van der Waals surface area (Å²) in [6.45, 7) is 4.59. The van der Waals surface area contributed by atoms with Gasteiger partial charge in [-0.2, -0.15) is 0 Å². The van der Waals surface area contributed by atoms with Gasteiger partial charge in [0.25, 0.3) is 0 Å². The van der Waals surface area contributed by atoms with E-state index in [0.717, 1.165) is 0 Å². The first-order chi connectivity index (χ1) is 28.7. The Morgan fingerprint density at radius 3 is 1.12 bits per heavy atom. The Hall–Kier alpha value is -7.28. The zero-order chi connectivity index (χ0) is 38.2. The molecule has 0 heteroatoms. The number of rotatable bonds is 4. The van der Waals surface area contributed by atoms with Gasteiger partial charge < -0.3 is 0 Å². The van der Waals surface area contributed by atoms with Crippen LogP contribution in [-0.2, 0) is 0 Å². The SMILES string of the molecule is Cc1cccc(-c2ccccc2)c1-c1c2c(c(-c3c(C)cccc3-c3ccccc3)c3ccccc13)-c1ccc3c4ccc5c6c(ccc(c7ccc-2c1c73)c64)C=C5. The maximum atomic E-state index is 2.46. The zero-order valence-electron chi connectivity index (χ0n) is 32.3. The van der Waals surface area contributed by atoms with Crippen LogP contribution in [0, 0.1) is 13.8 Å². The molecule has 0 radical (unpaired) electrons. The minimum absolute atomic E-state index is 1.23. The molecule has 0 heterocycles. The molecule has 0 nitrogen and oxygen atoms in total. The van der Waals surface area contributed by atoms with Crippen molar-refractivity contribution in [2.45, 2.75) is 13.8 Å². The van der Waals surface area contributed by atoms with Crippen molar-refractivity contribution >= 4 is 66.0 Å². The lowest BCUT2D eigenvalue weighted by atomic mass is 9.78. The third kappa shape index (κ3) is 4.09. The maximum absolute atomic E-state index is 2.46. The van der Waals surface area contributed by atoms with E-state index in [4.69, 9.17) is 0 Å². The van der Waals surface area contributed by atoms with Gasteiger partial charge in [-0.1, -0.05) is 182 Å². The van der Waals surface area contributed by atoms with Gasteiger partial charge in [-0.15, -0.1) is 0 Å². The third-order valence-corrected chi connectivity index (χ3v) is 13.4. The largest absolute Gasteiger partial charge is 0.0622 e. The van der Waals surface area contributed by atoms with Crippen molar-refractivity contribution < 1.29 is 0 Å². The molecule has 11 aromatic carbocycles. The van der Waals surface area contributed by atoms with E-state index in [1.807, 2.05) is 0 Å². The monoisotopic (exact) mass is 732 g/mol. The van der Waals surface area contributed by atoms with Gasteiger partial charge in [0.1, 0.15) is 0 Å². The molecule has 0 bridgehead atoms. The van der Waals surface area contributed by atoms with Crippen LogP contribution in [0.1, 0.15) is 22.3 Å². The highest BCUT2D eigenvalue weighted by atomic mass is 14.4. The fourth-order valence-electron chi connectivity index (χ4n) is 11.0. The minimum Gasteiger partial charge on any atom is -0.0622 e. The molecule has 2 aliphatic rings. The van der Waals surface area contributed by atoms with E-state index >= 15 is 0 Å². The average Bonchev–Trinajstić information content (AvgIpc) is 3.85. The zero-order valence-corrected chi connectivity index (χ0v) is 32.3. The molecule has 0 atom stereocenters. The van der Waals surface area contributed by atoms with Gasteiger partial charge in [0.05, 0.1) is 0 Å². The van der Waals surface area contributed by atoms with E-state index in [1.165, 1.54) is 143 Å². The highest BCUT2D eigenvalue weighted by Gasteiger charge is 2.34. The van der Waals surface area contributed by atoms with Crippen molar-refractivity contribution in [2.75, 3.05) is 0 Å². The molecule has 268 valence electrons. The molecule has 0 N–H and O–H groups in total. The molecule has 2 aliphatic carbocycles. The smallest absolute Gasteiger partial charge is 0.000708 e. The van der Waals surface area contributed by atoms with Crippen molar-refractivity contribution in [3.8, 4) is 66.8 Å². The second-order valence-corrected chi connectivity index (χ2v) is 16.3. The lowest BCUT2D eigenvalue weighted by Crippen LogP contribution is -1.98. The van der Waals surface area contributed by atoms with Gasteiger partial charge >= 0.3 is 0 Å². The summed E-state index contributed by atoms with van der Waals surface area (Å²) < 4.78 is 0. The first kappa shape index (κ1) is 31.9. The van der Waals surface area contributed by atoms with Crippen LogP contribution >= 0.6 is 0 Å². The first-order valence-electron chi connectivity index (χ1n) is 20.4. The maximum Gasteiger partial charge on any atom is -0.000708 e. The summed E-state index contributed by atoms with van der Waals surface area (Å²) in [6.07, 6.45) is 4.55. The molecule has 0 aliphatic heterocycles. The molecule has 13 rings (SSSR count). The fourth-order valence-corrected chi connectivity index (χ4v) is 11.0. The van der Waals surface area contributed by atoms with Gasteiger partial charge in [0.2, 0.25) is 0 Å². The Bertz CT molecular complexity index is 3370. The second-order valence-electron chi connectivity index (χ2n) is 16.3. The highest BCUT2D eigenvalue weighted by molar-refractivity contribution is 6.40. The lowest BCUT2D eigenvalue weighted by Gasteiger charge is -2.25. The van der Waals surface area contributed by atoms with Gasteiger partial charge in [0.15, 0.2) is 0 Å². The van der Waals surface area contributed by atoms with Crippen molar-refractivity contribution in [3.05, 3.63) is 192 Å². The Kier molecular flexibility index (Phi) is 6.39. The number of hydrogen-bond donors (Lipinski definition) is 0. The summed E-state index contributed by atoms with van der Waals surface area (Å²) in [5.74, 6) is 0. The summed E-state index contributed by atoms with van der Waals surface area (Å²) in [6, 6.07) is 64.0. The predicted molar refractivity (Wildman–Crippen MR) is 250 cm³/mol. The van der Waals surface area contributed by atoms with Gasteiger partial charge in [0, 0.05) is 0 Å². The van der Waals surface area contributed by atoms with Crippen molar-refractivity contribution in [1.82, 2.24) is 0 Å². The Morgan fingerprint density at radius 1 is 0.241 bits per heavy atom. The van der Waals surface area contributed by atoms with E-state index < -0.39 is 0 Å². The molecule has 0 spiro atoms. The van der Waals surface area contributed by atoms with Crippen LogP contribution in [0.4, 0.5) is 0 Å². The first-order valence-corrected chi connectivity index (χ1v) is 20.4. The third-order valence-electron chi connectivity index (χ3n) is 13.4. The molecule has 0 saturated heterocycles. The predicted octanol–water partition coefficient (Wildman–Crippen LogP) is 16.3. The van der Waals surface area contributed by atoms with Crippen molar-refractivity contribution in [3.63, 3.8) is 0 Å². The molecular formula is C58H36. The molecule has 0 fully saturated rings. The van der Waals surface area contributed by atoms with Gasteiger partial charge in [-0.3, -0.25) is 0 Å². The van der Waals surface area contributed by atoms with Crippen molar-refractivity contribution in [1.29, 1.82) is 0 Å². The summed E-state index contributed by atoms with van der Waals surface area (Å²) in [7, 11) is 0. The summed E-state index contributed by atoms with van der Waals surface area (Å²) in [5, 5.41) is 13.4. The van der Waals surface area contributed by atoms with Crippen LogP contribution in [0.2, 0.25) is 0 Å². The number of fused-ring (bicyclic) bond motifs is 6. The van der Waals surface area contributed by atoms with Crippen LogP contribution in [0.15, 0.2) is 170 Å². The Labute approximate surface area is 337 Å². The van der Waals surface area contributed by atoms with E-state index in [2.05, 4.69) is 196 Å². The van der Waals surface area contributed by atoms with Crippen LogP contribution in [-0.4, -0.2) is 0 Å². The van der Waals surface area contributed by atoms with E-state index in [1.54, 1.807) is 0 Å².